The van der Waals surface area contributed by atoms with Crippen LogP contribution in [0.2, 0.25) is 0 Å². The van der Waals surface area contributed by atoms with Crippen LogP contribution in [-0.4, -0.2) is 6.54 Å². The van der Waals surface area contributed by atoms with Crippen molar-refractivity contribution in [3.05, 3.63) is 11.8 Å². The first-order chi connectivity index (χ1) is 7.35. The highest BCUT2D eigenvalue weighted by atomic mass is 14.8. The lowest BCUT2D eigenvalue weighted by Crippen LogP contribution is -2.07. The van der Waals surface area contributed by atoms with E-state index < -0.39 is 0 Å². The summed E-state index contributed by atoms with van der Waals surface area (Å²) in [5, 5.41) is 19.9. The van der Waals surface area contributed by atoms with E-state index in [1.54, 1.807) is 0 Å². The van der Waals surface area contributed by atoms with Crippen molar-refractivity contribution < 1.29 is 0 Å². The first-order valence-electron chi connectivity index (χ1n) is 5.59. The molecule has 0 unspecified atom stereocenters. The van der Waals surface area contributed by atoms with Crippen LogP contribution < -0.4 is 5.32 Å². The number of nitriles is 2. The van der Waals surface area contributed by atoms with E-state index in [-0.39, 0.29) is 5.57 Å². The number of nitrogens with zero attached hydrogens (tertiary/aromatic N) is 2. The Morgan fingerprint density at radius 3 is 2.27 bits per heavy atom. The van der Waals surface area contributed by atoms with Gasteiger partial charge in [0.05, 0.1) is 0 Å². The molecule has 0 bridgehead atoms. The molecule has 0 rings (SSSR count). The molecule has 0 atom stereocenters. The SMILES string of the molecule is CCCCCCCCNC=C(C#N)C#N. The fraction of sp³-hybridized carbons (Fsp3) is 0.667. The van der Waals surface area contributed by atoms with Gasteiger partial charge < -0.3 is 5.32 Å². The average Bonchev–Trinajstić information content (AvgIpc) is 2.27. The molecule has 15 heavy (non-hydrogen) atoms. The van der Waals surface area contributed by atoms with Gasteiger partial charge in [0.25, 0.3) is 0 Å². The predicted molar refractivity (Wildman–Crippen MR) is 60.7 cm³/mol. The second kappa shape index (κ2) is 10.6. The van der Waals surface area contributed by atoms with E-state index in [2.05, 4.69) is 12.2 Å². The summed E-state index contributed by atoms with van der Waals surface area (Å²) >= 11 is 0. The molecule has 0 aromatic rings. The predicted octanol–water partition coefficient (Wildman–Crippen LogP) is 2.87. The van der Waals surface area contributed by atoms with Crippen molar-refractivity contribution in [2.45, 2.75) is 45.4 Å². The van der Waals surface area contributed by atoms with Gasteiger partial charge in [0.2, 0.25) is 0 Å². The number of nitrogens with one attached hydrogen (secondary N) is 1. The molecule has 0 spiro atoms. The van der Waals surface area contributed by atoms with Crippen LogP contribution in [0.15, 0.2) is 11.8 Å². The highest BCUT2D eigenvalue weighted by Gasteiger charge is 1.91. The number of hydrogen-bond acceptors (Lipinski definition) is 3. The second-order valence-electron chi connectivity index (χ2n) is 3.50. The molecular weight excluding hydrogens is 186 g/mol. The summed E-state index contributed by atoms with van der Waals surface area (Å²) in [6.07, 6.45) is 9.00. The lowest BCUT2D eigenvalue weighted by atomic mass is 10.1. The highest BCUT2D eigenvalue weighted by Crippen LogP contribution is 2.03. The van der Waals surface area contributed by atoms with Gasteiger partial charge in [0.1, 0.15) is 17.7 Å². The summed E-state index contributed by atoms with van der Waals surface area (Å²) in [7, 11) is 0. The molecule has 3 nitrogen and oxygen atoms in total. The van der Waals surface area contributed by atoms with Gasteiger partial charge >= 0.3 is 0 Å². The maximum atomic E-state index is 8.45. The third kappa shape index (κ3) is 8.84. The van der Waals surface area contributed by atoms with Gasteiger partial charge in [0.15, 0.2) is 0 Å². The minimum absolute atomic E-state index is 0.140. The van der Waals surface area contributed by atoms with E-state index in [1.165, 1.54) is 38.3 Å². The Morgan fingerprint density at radius 2 is 1.67 bits per heavy atom. The minimum Gasteiger partial charge on any atom is -0.389 e. The Kier molecular flexibility index (Phi) is 9.55. The van der Waals surface area contributed by atoms with Crippen molar-refractivity contribution in [2.24, 2.45) is 0 Å². The number of rotatable bonds is 8. The molecule has 0 heterocycles. The quantitative estimate of drug-likeness (QED) is 0.489. The first kappa shape index (κ1) is 13.5. The Labute approximate surface area is 92.4 Å². The molecule has 82 valence electrons. The highest BCUT2D eigenvalue weighted by molar-refractivity contribution is 5.34. The monoisotopic (exact) mass is 205 g/mol. The normalized spacial score (nSPS) is 8.73. The first-order valence-corrected chi connectivity index (χ1v) is 5.59. The molecule has 0 radical (unpaired) electrons. The maximum Gasteiger partial charge on any atom is 0.145 e. The topological polar surface area (TPSA) is 59.6 Å². The van der Waals surface area contributed by atoms with Crippen LogP contribution in [-0.2, 0) is 0 Å². The molecule has 0 aromatic heterocycles. The molecule has 0 aliphatic rings. The fourth-order valence-electron chi connectivity index (χ4n) is 1.27. The standard InChI is InChI=1S/C12H19N3/c1-2-3-4-5-6-7-8-15-11-12(9-13)10-14/h11,15H,2-8H2,1H3. The Morgan fingerprint density at radius 1 is 1.07 bits per heavy atom. The van der Waals surface area contributed by atoms with Gasteiger partial charge in [-0.1, -0.05) is 39.0 Å². The van der Waals surface area contributed by atoms with Gasteiger partial charge in [-0.3, -0.25) is 0 Å². The molecule has 3 heteroatoms. The zero-order chi connectivity index (χ0) is 11.4. The van der Waals surface area contributed by atoms with Crippen LogP contribution in [0.4, 0.5) is 0 Å². The Balaban J connectivity index is 3.30. The van der Waals surface area contributed by atoms with Crippen LogP contribution >= 0.6 is 0 Å². The molecular formula is C12H19N3. The third-order valence-electron chi connectivity index (χ3n) is 2.16. The van der Waals surface area contributed by atoms with Crippen molar-refractivity contribution in [3.63, 3.8) is 0 Å². The van der Waals surface area contributed by atoms with Crippen molar-refractivity contribution in [3.8, 4) is 12.1 Å². The molecule has 0 amide bonds. The van der Waals surface area contributed by atoms with Gasteiger partial charge in [-0.2, -0.15) is 10.5 Å². The van der Waals surface area contributed by atoms with E-state index in [9.17, 15) is 0 Å². The fourth-order valence-corrected chi connectivity index (χ4v) is 1.27. The van der Waals surface area contributed by atoms with E-state index in [0.717, 1.165) is 13.0 Å². The number of unbranched alkanes of at least 4 members (excludes halogenated alkanes) is 5. The van der Waals surface area contributed by atoms with Crippen LogP contribution in [0, 0.1) is 22.7 Å². The summed E-state index contributed by atoms with van der Waals surface area (Å²) < 4.78 is 0. The van der Waals surface area contributed by atoms with Gasteiger partial charge in [-0.15, -0.1) is 0 Å². The minimum atomic E-state index is 0.140. The van der Waals surface area contributed by atoms with Crippen molar-refractivity contribution in [1.29, 1.82) is 10.5 Å². The van der Waals surface area contributed by atoms with Crippen LogP contribution in [0.3, 0.4) is 0 Å². The van der Waals surface area contributed by atoms with Crippen LogP contribution in [0.1, 0.15) is 45.4 Å². The van der Waals surface area contributed by atoms with E-state index in [1.807, 2.05) is 12.1 Å². The number of hydrogen-bond donors (Lipinski definition) is 1. The molecule has 0 aliphatic carbocycles. The van der Waals surface area contributed by atoms with E-state index >= 15 is 0 Å². The number of allylic oxidation sites excluding steroid dienone is 1. The molecule has 0 aromatic carbocycles. The van der Waals surface area contributed by atoms with Crippen molar-refractivity contribution in [1.82, 2.24) is 5.32 Å². The molecule has 1 N–H and O–H groups in total. The lowest BCUT2D eigenvalue weighted by molar-refractivity contribution is 0.598. The largest absolute Gasteiger partial charge is 0.389 e. The third-order valence-corrected chi connectivity index (χ3v) is 2.16. The average molecular weight is 205 g/mol. The van der Waals surface area contributed by atoms with Gasteiger partial charge in [-0.25, -0.2) is 0 Å². The summed E-state index contributed by atoms with van der Waals surface area (Å²) in [6, 6.07) is 3.62. The molecule has 0 aliphatic heterocycles. The zero-order valence-electron chi connectivity index (χ0n) is 9.42. The van der Waals surface area contributed by atoms with E-state index in [4.69, 9.17) is 10.5 Å². The summed E-state index contributed by atoms with van der Waals surface area (Å²) in [6.45, 7) is 3.05. The zero-order valence-corrected chi connectivity index (χ0v) is 9.42. The molecule has 0 fully saturated rings. The Hall–Kier alpha value is -1.48. The molecule has 0 saturated heterocycles. The summed E-state index contributed by atoms with van der Waals surface area (Å²) in [5.74, 6) is 0. The lowest BCUT2D eigenvalue weighted by Gasteiger charge is -2.00. The van der Waals surface area contributed by atoms with Gasteiger partial charge in [0, 0.05) is 12.7 Å². The van der Waals surface area contributed by atoms with Crippen molar-refractivity contribution >= 4 is 0 Å². The maximum absolute atomic E-state index is 8.45. The van der Waals surface area contributed by atoms with E-state index in [0.29, 0.717) is 0 Å². The molecule has 0 saturated carbocycles. The van der Waals surface area contributed by atoms with Gasteiger partial charge in [-0.05, 0) is 6.42 Å². The second-order valence-corrected chi connectivity index (χ2v) is 3.50. The van der Waals surface area contributed by atoms with Crippen LogP contribution in [0.5, 0.6) is 0 Å². The van der Waals surface area contributed by atoms with Crippen LogP contribution in [0.25, 0.3) is 0 Å². The summed E-state index contributed by atoms with van der Waals surface area (Å²) in [5.41, 5.74) is 0.140. The Bertz CT molecular complexity index is 239. The summed E-state index contributed by atoms with van der Waals surface area (Å²) in [4.78, 5) is 0. The van der Waals surface area contributed by atoms with Crippen molar-refractivity contribution in [2.75, 3.05) is 6.54 Å². The smallest absolute Gasteiger partial charge is 0.145 e.